The lowest BCUT2D eigenvalue weighted by atomic mass is 10.2. The predicted octanol–water partition coefficient (Wildman–Crippen LogP) is 2.46. The average Bonchev–Trinajstić information content (AvgIpc) is 3.11. The first kappa shape index (κ1) is 12.3. The predicted molar refractivity (Wildman–Crippen MR) is 67.5 cm³/mol. The smallest absolute Gasteiger partial charge is 0.131 e. The summed E-state index contributed by atoms with van der Waals surface area (Å²) in [6.45, 7) is 0.867. The second-order valence-electron chi connectivity index (χ2n) is 4.90. The Hall–Kier alpha value is -1.75. The Labute approximate surface area is 110 Å². The molecule has 1 saturated carbocycles. The molecule has 19 heavy (non-hydrogen) atoms. The number of halogens is 2. The lowest BCUT2D eigenvalue weighted by Crippen LogP contribution is -2.14. The molecule has 1 fully saturated rings. The van der Waals surface area contributed by atoms with E-state index >= 15 is 0 Å². The average molecular weight is 263 g/mol. The zero-order valence-electron chi connectivity index (χ0n) is 10.4. The van der Waals surface area contributed by atoms with Gasteiger partial charge >= 0.3 is 0 Å². The summed E-state index contributed by atoms with van der Waals surface area (Å²) in [5.74, 6) is -1.07. The third kappa shape index (κ3) is 2.98. The van der Waals surface area contributed by atoms with Crippen LogP contribution in [0.15, 0.2) is 30.6 Å². The van der Waals surface area contributed by atoms with E-state index in [4.69, 9.17) is 0 Å². The summed E-state index contributed by atoms with van der Waals surface area (Å²) in [6, 6.07) is 4.52. The highest BCUT2D eigenvalue weighted by Gasteiger charge is 2.20. The molecule has 0 bridgehead atoms. The van der Waals surface area contributed by atoms with Gasteiger partial charge in [-0.3, -0.25) is 4.68 Å². The van der Waals surface area contributed by atoms with Gasteiger partial charge in [-0.25, -0.2) is 8.78 Å². The van der Waals surface area contributed by atoms with Crippen molar-refractivity contribution in [2.45, 2.75) is 32.0 Å². The van der Waals surface area contributed by atoms with Gasteiger partial charge in [-0.05, 0) is 25.0 Å². The highest BCUT2D eigenvalue weighted by Crippen LogP contribution is 2.19. The molecule has 1 aromatic carbocycles. The van der Waals surface area contributed by atoms with Crippen molar-refractivity contribution in [1.29, 1.82) is 0 Å². The van der Waals surface area contributed by atoms with Crippen LogP contribution in [0.3, 0.4) is 0 Å². The van der Waals surface area contributed by atoms with E-state index < -0.39 is 11.6 Å². The molecule has 1 N–H and O–H groups in total. The van der Waals surface area contributed by atoms with E-state index in [1.807, 2.05) is 6.20 Å². The van der Waals surface area contributed by atoms with Gasteiger partial charge in [-0.15, -0.1) is 0 Å². The van der Waals surface area contributed by atoms with Crippen LogP contribution in [-0.2, 0) is 13.1 Å². The fourth-order valence-corrected chi connectivity index (χ4v) is 1.98. The summed E-state index contributed by atoms with van der Waals surface area (Å²) in [5.41, 5.74) is 1.08. The summed E-state index contributed by atoms with van der Waals surface area (Å²) < 4.78 is 28.6. The van der Waals surface area contributed by atoms with E-state index in [2.05, 4.69) is 10.4 Å². The zero-order chi connectivity index (χ0) is 13.2. The first-order valence-electron chi connectivity index (χ1n) is 6.40. The monoisotopic (exact) mass is 263 g/mol. The van der Waals surface area contributed by atoms with E-state index in [1.54, 1.807) is 10.9 Å². The Morgan fingerprint density at radius 2 is 2.00 bits per heavy atom. The van der Waals surface area contributed by atoms with E-state index in [0.717, 1.165) is 12.1 Å². The molecular weight excluding hydrogens is 248 g/mol. The maximum Gasteiger partial charge on any atom is 0.131 e. The molecule has 1 heterocycles. The zero-order valence-corrected chi connectivity index (χ0v) is 10.4. The molecule has 1 aliphatic carbocycles. The van der Waals surface area contributed by atoms with Crippen molar-refractivity contribution in [1.82, 2.24) is 15.1 Å². The quantitative estimate of drug-likeness (QED) is 0.898. The number of hydrogen-bond acceptors (Lipinski definition) is 2. The third-order valence-electron chi connectivity index (χ3n) is 3.24. The number of rotatable bonds is 5. The molecule has 0 radical (unpaired) electrons. The molecule has 0 spiro atoms. The normalized spacial score (nSPS) is 14.8. The van der Waals surface area contributed by atoms with Gasteiger partial charge in [0.05, 0.1) is 12.7 Å². The lowest BCUT2D eigenvalue weighted by Gasteiger charge is -2.04. The second-order valence-corrected chi connectivity index (χ2v) is 4.90. The van der Waals surface area contributed by atoms with Gasteiger partial charge < -0.3 is 5.32 Å². The second kappa shape index (κ2) is 5.09. The van der Waals surface area contributed by atoms with Crippen molar-refractivity contribution >= 4 is 0 Å². The molecule has 0 saturated heterocycles. The molecule has 3 nitrogen and oxygen atoms in total. The summed E-state index contributed by atoms with van der Waals surface area (Å²) in [5, 5.41) is 7.51. The third-order valence-corrected chi connectivity index (χ3v) is 3.24. The Morgan fingerprint density at radius 3 is 2.68 bits per heavy atom. The fraction of sp³-hybridized carbons (Fsp3) is 0.357. The summed E-state index contributed by atoms with van der Waals surface area (Å²) in [7, 11) is 0. The van der Waals surface area contributed by atoms with Crippen molar-refractivity contribution in [2.75, 3.05) is 0 Å². The van der Waals surface area contributed by atoms with E-state index in [9.17, 15) is 8.78 Å². The lowest BCUT2D eigenvalue weighted by molar-refractivity contribution is 0.532. The summed E-state index contributed by atoms with van der Waals surface area (Å²) >= 11 is 0. The van der Waals surface area contributed by atoms with Gasteiger partial charge in [0.25, 0.3) is 0 Å². The van der Waals surface area contributed by atoms with Gasteiger partial charge in [-0.2, -0.15) is 5.10 Å². The molecule has 5 heteroatoms. The Morgan fingerprint density at radius 1 is 1.26 bits per heavy atom. The molecule has 0 aliphatic heterocycles. The molecule has 0 atom stereocenters. The Balaban J connectivity index is 1.68. The Kier molecular flexibility index (Phi) is 3.29. The van der Waals surface area contributed by atoms with E-state index in [-0.39, 0.29) is 12.1 Å². The minimum absolute atomic E-state index is 0.0484. The van der Waals surface area contributed by atoms with Gasteiger partial charge in [0, 0.05) is 29.9 Å². The number of nitrogens with one attached hydrogen (secondary N) is 1. The SMILES string of the molecule is Fc1cccc(F)c1Cn1cc(CNC2CC2)cn1. The minimum Gasteiger partial charge on any atom is -0.310 e. The molecular formula is C14H15F2N3. The minimum atomic E-state index is -0.534. The highest BCUT2D eigenvalue weighted by molar-refractivity contribution is 5.20. The maximum absolute atomic E-state index is 13.5. The van der Waals surface area contributed by atoms with Crippen LogP contribution in [-0.4, -0.2) is 15.8 Å². The largest absolute Gasteiger partial charge is 0.310 e. The molecule has 1 aromatic heterocycles. The van der Waals surface area contributed by atoms with Crippen LogP contribution in [0.1, 0.15) is 24.0 Å². The topological polar surface area (TPSA) is 29.9 Å². The van der Waals surface area contributed by atoms with Crippen LogP contribution in [0.5, 0.6) is 0 Å². The molecule has 3 rings (SSSR count). The van der Waals surface area contributed by atoms with Gasteiger partial charge in [0.1, 0.15) is 11.6 Å². The Bertz CT molecular complexity index is 556. The van der Waals surface area contributed by atoms with Crippen molar-refractivity contribution < 1.29 is 8.78 Å². The van der Waals surface area contributed by atoms with E-state index in [0.29, 0.717) is 6.04 Å². The van der Waals surface area contributed by atoms with Crippen molar-refractivity contribution in [3.05, 3.63) is 53.4 Å². The van der Waals surface area contributed by atoms with Crippen LogP contribution in [0.2, 0.25) is 0 Å². The molecule has 2 aromatic rings. The van der Waals surface area contributed by atoms with Crippen molar-refractivity contribution in [3.8, 4) is 0 Å². The number of benzene rings is 1. The molecule has 0 amide bonds. The van der Waals surface area contributed by atoms with Gasteiger partial charge in [-0.1, -0.05) is 6.07 Å². The van der Waals surface area contributed by atoms with Crippen LogP contribution in [0.25, 0.3) is 0 Å². The van der Waals surface area contributed by atoms with Crippen LogP contribution in [0.4, 0.5) is 8.78 Å². The maximum atomic E-state index is 13.5. The van der Waals surface area contributed by atoms with Gasteiger partial charge in [0.2, 0.25) is 0 Å². The highest BCUT2D eigenvalue weighted by atomic mass is 19.1. The van der Waals surface area contributed by atoms with Crippen molar-refractivity contribution in [2.24, 2.45) is 0 Å². The van der Waals surface area contributed by atoms with Gasteiger partial charge in [0.15, 0.2) is 0 Å². The molecule has 1 aliphatic rings. The van der Waals surface area contributed by atoms with Crippen molar-refractivity contribution in [3.63, 3.8) is 0 Å². The molecule has 0 unspecified atom stereocenters. The first-order valence-corrected chi connectivity index (χ1v) is 6.40. The fourth-order valence-electron chi connectivity index (χ4n) is 1.98. The van der Waals surface area contributed by atoms with Crippen LogP contribution in [0, 0.1) is 11.6 Å². The standard InChI is InChI=1S/C14H15F2N3/c15-13-2-1-3-14(16)12(13)9-19-8-10(7-18-19)6-17-11-4-5-11/h1-3,7-8,11,17H,4-6,9H2. The van der Waals surface area contributed by atoms with Crippen LogP contribution < -0.4 is 5.32 Å². The number of aromatic nitrogens is 2. The number of nitrogens with zero attached hydrogens (tertiary/aromatic N) is 2. The number of hydrogen-bond donors (Lipinski definition) is 1. The molecule has 100 valence electrons. The van der Waals surface area contributed by atoms with Crippen LogP contribution >= 0.6 is 0 Å². The van der Waals surface area contributed by atoms with E-state index in [1.165, 1.54) is 31.0 Å². The summed E-state index contributed by atoms with van der Waals surface area (Å²) in [4.78, 5) is 0. The first-order chi connectivity index (χ1) is 9.22. The summed E-state index contributed by atoms with van der Waals surface area (Å²) in [6.07, 6.45) is 6.01.